The van der Waals surface area contributed by atoms with Gasteiger partial charge in [-0.15, -0.1) is 0 Å². The monoisotopic (exact) mass is 866 g/mol. The third-order valence-electron chi connectivity index (χ3n) is 14.3. The molecule has 6 aromatic rings. The van der Waals surface area contributed by atoms with Gasteiger partial charge < -0.3 is 0 Å². The Labute approximate surface area is 367 Å². The molecule has 3 bridgehead atoms. The molecule has 0 aromatic heterocycles. The molecule has 1 unspecified atom stereocenters. The zero-order chi connectivity index (χ0) is 43.8. The van der Waals surface area contributed by atoms with Crippen LogP contribution >= 0.6 is 15.6 Å². The highest BCUT2D eigenvalue weighted by atomic mass is 31.3. The smallest absolute Gasteiger partial charge is 0.286 e. The van der Waals surface area contributed by atoms with Crippen molar-refractivity contribution in [3.8, 4) is 0 Å². The summed E-state index contributed by atoms with van der Waals surface area (Å²) in [6, 6.07) is 55.2. The molecule has 9 heteroatoms. The summed E-state index contributed by atoms with van der Waals surface area (Å²) in [4.78, 5) is 0. The van der Waals surface area contributed by atoms with Crippen LogP contribution in [0, 0.1) is 5.41 Å². The van der Waals surface area contributed by atoms with E-state index in [0.717, 1.165) is 44.5 Å². The van der Waals surface area contributed by atoms with Crippen molar-refractivity contribution in [1.29, 1.82) is 0 Å². The van der Waals surface area contributed by atoms with Crippen LogP contribution < -0.4 is 0 Å². The summed E-state index contributed by atoms with van der Waals surface area (Å²) < 4.78 is 60.6. The van der Waals surface area contributed by atoms with Crippen LogP contribution in [0.4, 0.5) is 0 Å². The molecule has 62 heavy (non-hydrogen) atoms. The zero-order valence-corrected chi connectivity index (χ0v) is 38.7. The summed E-state index contributed by atoms with van der Waals surface area (Å²) in [7, 11) is -8.93. The number of hydrogen-bond acceptors (Lipinski definition) is 7. The van der Waals surface area contributed by atoms with Gasteiger partial charge in [0.15, 0.2) is 0 Å². The van der Waals surface area contributed by atoms with Crippen molar-refractivity contribution in [2.24, 2.45) is 5.41 Å². The van der Waals surface area contributed by atoms with Crippen molar-refractivity contribution in [3.05, 3.63) is 213 Å². The van der Waals surface area contributed by atoms with Gasteiger partial charge >= 0.3 is 15.6 Å². The van der Waals surface area contributed by atoms with Crippen LogP contribution in [0.15, 0.2) is 158 Å². The lowest BCUT2D eigenvalue weighted by Gasteiger charge is -2.59. The van der Waals surface area contributed by atoms with Gasteiger partial charge in [0.2, 0.25) is 0 Å². The van der Waals surface area contributed by atoms with Crippen LogP contribution in [-0.4, -0.2) is 19.8 Å². The minimum absolute atomic E-state index is 0.102. The largest absolute Gasteiger partial charge is 0.484 e. The van der Waals surface area contributed by atoms with Crippen LogP contribution in [-0.2, 0) is 58.8 Å². The van der Waals surface area contributed by atoms with Gasteiger partial charge in [-0.3, -0.25) is 18.1 Å². The Bertz CT molecular complexity index is 2540. The number of rotatable bonds is 10. The Morgan fingerprint density at radius 1 is 0.403 bits per heavy atom. The van der Waals surface area contributed by atoms with E-state index < -0.39 is 48.3 Å². The van der Waals surface area contributed by atoms with Gasteiger partial charge in [0, 0.05) is 21.7 Å². The van der Waals surface area contributed by atoms with Gasteiger partial charge in [0.25, 0.3) is 0 Å². The van der Waals surface area contributed by atoms with E-state index in [1.807, 2.05) is 24.3 Å². The van der Waals surface area contributed by atoms with Crippen molar-refractivity contribution in [1.82, 2.24) is 0 Å². The lowest BCUT2D eigenvalue weighted by atomic mass is 9.58. The second-order valence-electron chi connectivity index (χ2n) is 19.3. The van der Waals surface area contributed by atoms with Crippen molar-refractivity contribution in [2.45, 2.75) is 82.7 Å². The lowest BCUT2D eigenvalue weighted by Crippen LogP contribution is -2.62. The fraction of sp³-hybridized carbons (Fsp3) is 0.321. The maximum atomic E-state index is 15.3. The molecule has 6 fully saturated rings. The third-order valence-corrected chi connectivity index (χ3v) is 17.7. The highest BCUT2D eigenvalue weighted by molar-refractivity contribution is 7.62. The normalized spacial score (nSPS) is 23.7. The van der Waals surface area contributed by atoms with Crippen LogP contribution in [0.2, 0.25) is 0 Å². The van der Waals surface area contributed by atoms with E-state index in [1.165, 1.54) is 11.1 Å². The fourth-order valence-electron chi connectivity index (χ4n) is 9.97. The Kier molecular flexibility index (Phi) is 10.4. The summed E-state index contributed by atoms with van der Waals surface area (Å²) >= 11 is 0. The minimum atomic E-state index is -4.65. The molecule has 0 saturated carbocycles. The standard InChI is InChI=1S/C53H56O7P2/c1-48(2,38-21-13-9-14-22-38)42-29-31-44(46(33-42)50(5,6)40-25-17-11-18-26-40)53(52-35-56-61(54,57-36-52)60-62(55,59-53)58-37-52)45-32-30-43(49(3,4)39-23-15-10-16-24-39)34-47(45)51(7,8)41-27-19-12-20-28-41/h9-34H,35-37H2,1-8H3. The molecule has 1 atom stereocenters. The molecule has 0 aliphatic carbocycles. The molecule has 6 heterocycles. The minimum Gasteiger partial charge on any atom is -0.286 e. The molecule has 320 valence electrons. The first-order valence-corrected chi connectivity index (χ1v) is 24.4. The summed E-state index contributed by atoms with van der Waals surface area (Å²) in [5.41, 5.74) is 5.32. The number of benzene rings is 6. The van der Waals surface area contributed by atoms with Crippen LogP contribution in [0.25, 0.3) is 0 Å². The number of phosphoric acid groups is 2. The van der Waals surface area contributed by atoms with Crippen molar-refractivity contribution >= 4 is 15.6 Å². The molecule has 12 rings (SSSR count). The summed E-state index contributed by atoms with van der Waals surface area (Å²) in [6.07, 6.45) is 0. The third kappa shape index (κ3) is 6.84. The predicted octanol–water partition coefficient (Wildman–Crippen LogP) is 13.6. The number of hydrogen-bond donors (Lipinski definition) is 0. The van der Waals surface area contributed by atoms with Crippen molar-refractivity contribution in [3.63, 3.8) is 0 Å². The zero-order valence-electron chi connectivity index (χ0n) is 36.9. The number of phosphoric ester groups is 2. The summed E-state index contributed by atoms with van der Waals surface area (Å²) in [6.45, 7) is 17.6. The average molecular weight is 867 g/mol. The maximum Gasteiger partial charge on any atom is 0.484 e. The molecule has 7 nitrogen and oxygen atoms in total. The highest BCUT2D eigenvalue weighted by Crippen LogP contribution is 2.79. The van der Waals surface area contributed by atoms with Gasteiger partial charge in [0.05, 0.1) is 25.2 Å². The Morgan fingerprint density at radius 3 is 1.08 bits per heavy atom. The SMILES string of the molecule is CC(C)(c1ccccc1)c1ccc(C2(c3ccc(C(C)(C)c4ccccc4)cc3C(C)(C)c3ccccc3)OP3(=O)OCC24COP(=O)(OC4)O3)c(C(C)(C)c2ccccc2)c1. The van der Waals surface area contributed by atoms with Crippen LogP contribution in [0.1, 0.15) is 111 Å². The first kappa shape index (κ1) is 42.9. The molecule has 6 aliphatic rings. The lowest BCUT2D eigenvalue weighted by molar-refractivity contribution is -0.189. The second-order valence-corrected chi connectivity index (χ2v) is 22.7. The van der Waals surface area contributed by atoms with Crippen LogP contribution in [0.3, 0.4) is 0 Å². The first-order chi connectivity index (χ1) is 29.4. The second kappa shape index (κ2) is 15.1. The molecular formula is C53H56O7P2. The quantitative estimate of drug-likeness (QED) is 0.127. The molecule has 6 aromatic carbocycles. The van der Waals surface area contributed by atoms with E-state index in [4.69, 9.17) is 22.4 Å². The van der Waals surface area contributed by atoms with E-state index in [-0.39, 0.29) is 19.8 Å². The van der Waals surface area contributed by atoms with Gasteiger partial charge in [-0.05, 0) is 55.6 Å². The Balaban J connectivity index is 1.42. The van der Waals surface area contributed by atoms with E-state index in [0.29, 0.717) is 0 Å². The van der Waals surface area contributed by atoms with Gasteiger partial charge in [0.1, 0.15) is 5.60 Å². The maximum absolute atomic E-state index is 15.3. The summed E-state index contributed by atoms with van der Waals surface area (Å²) in [5, 5.41) is 0. The van der Waals surface area contributed by atoms with Crippen molar-refractivity contribution in [2.75, 3.05) is 19.8 Å². The molecule has 6 saturated heterocycles. The first-order valence-electron chi connectivity index (χ1n) is 21.5. The van der Waals surface area contributed by atoms with Gasteiger partial charge in [-0.25, -0.2) is 9.13 Å². The molecule has 0 radical (unpaired) electrons. The molecule has 0 N–H and O–H groups in total. The van der Waals surface area contributed by atoms with E-state index in [1.54, 1.807) is 0 Å². The topological polar surface area (TPSA) is 80.3 Å². The van der Waals surface area contributed by atoms with E-state index in [9.17, 15) is 4.57 Å². The average Bonchev–Trinajstić information content (AvgIpc) is 3.28. The molecule has 6 aliphatic heterocycles. The van der Waals surface area contributed by atoms with E-state index >= 15 is 4.57 Å². The van der Waals surface area contributed by atoms with Gasteiger partial charge in [-0.2, -0.15) is 4.31 Å². The van der Waals surface area contributed by atoms with Gasteiger partial charge in [-0.1, -0.05) is 213 Å². The molecule has 1 spiro atoms. The Hall–Kier alpha value is -4.42. The van der Waals surface area contributed by atoms with Crippen LogP contribution in [0.5, 0.6) is 0 Å². The predicted molar refractivity (Wildman–Crippen MR) is 246 cm³/mol. The van der Waals surface area contributed by atoms with E-state index in [2.05, 4.69) is 189 Å². The Morgan fingerprint density at radius 2 is 0.726 bits per heavy atom. The van der Waals surface area contributed by atoms with Crippen molar-refractivity contribution < 1.29 is 31.5 Å². The highest BCUT2D eigenvalue weighted by Gasteiger charge is 2.71. The molecule has 0 amide bonds. The molecular weight excluding hydrogens is 811 g/mol. The summed E-state index contributed by atoms with van der Waals surface area (Å²) in [5.74, 6) is 0. The fourth-order valence-corrected chi connectivity index (χ4v) is 13.7.